The molecule has 4 rings (SSSR count). The van der Waals surface area contributed by atoms with Crippen molar-refractivity contribution in [3.63, 3.8) is 0 Å². The molecule has 2 aromatic rings. The molecule has 0 aliphatic carbocycles. The first-order chi connectivity index (χ1) is 14.4. The van der Waals surface area contributed by atoms with Crippen molar-refractivity contribution in [3.05, 3.63) is 70.9 Å². The van der Waals surface area contributed by atoms with Crippen LogP contribution in [0.1, 0.15) is 42.9 Å². The van der Waals surface area contributed by atoms with Gasteiger partial charge in [-0.2, -0.15) is 0 Å². The van der Waals surface area contributed by atoms with E-state index in [0.717, 1.165) is 16.8 Å². The largest absolute Gasteiger partial charge is 0.465 e. The molecule has 2 aliphatic rings. The first-order valence-corrected chi connectivity index (χ1v) is 10.9. The normalized spacial score (nSPS) is 20.3. The van der Waals surface area contributed by atoms with E-state index >= 15 is 0 Å². The molecule has 0 saturated carbocycles. The lowest BCUT2D eigenvalue weighted by Crippen LogP contribution is -2.32. The molecule has 2 aliphatic heterocycles. The van der Waals surface area contributed by atoms with E-state index in [9.17, 15) is 9.59 Å². The second-order valence-corrected chi connectivity index (χ2v) is 8.95. The fourth-order valence-electron chi connectivity index (χ4n) is 3.34. The SMILES string of the molecule is Cc1ccc(N2C(=O)/C(=C/c3ccc(C(C)C)cc3)N=C2S[C@H]2CCOC2=O)cc1. The van der Waals surface area contributed by atoms with E-state index in [2.05, 4.69) is 31.0 Å². The molecule has 0 bridgehead atoms. The number of benzene rings is 2. The van der Waals surface area contributed by atoms with Crippen LogP contribution in [0, 0.1) is 6.92 Å². The van der Waals surface area contributed by atoms with Gasteiger partial charge in [-0.3, -0.25) is 14.5 Å². The van der Waals surface area contributed by atoms with E-state index in [1.54, 1.807) is 11.0 Å². The topological polar surface area (TPSA) is 59.0 Å². The van der Waals surface area contributed by atoms with Crippen molar-refractivity contribution >= 4 is 40.6 Å². The molecule has 6 heteroatoms. The number of aliphatic imine (C=N–C) groups is 1. The average Bonchev–Trinajstić information content (AvgIpc) is 3.26. The first kappa shape index (κ1) is 20.4. The van der Waals surface area contributed by atoms with E-state index < -0.39 is 0 Å². The number of esters is 1. The van der Waals surface area contributed by atoms with Crippen LogP contribution < -0.4 is 4.90 Å². The van der Waals surface area contributed by atoms with Gasteiger partial charge in [0.25, 0.3) is 5.91 Å². The monoisotopic (exact) mass is 420 g/mol. The molecule has 0 N–H and O–H groups in total. The molecule has 154 valence electrons. The molecule has 0 unspecified atom stereocenters. The summed E-state index contributed by atoms with van der Waals surface area (Å²) in [4.78, 5) is 31.4. The number of carbonyl (C=O) groups is 2. The van der Waals surface area contributed by atoms with Crippen LogP contribution in [0.2, 0.25) is 0 Å². The van der Waals surface area contributed by atoms with Gasteiger partial charge in [0.15, 0.2) is 5.17 Å². The molecule has 5 nitrogen and oxygen atoms in total. The second-order valence-electron chi connectivity index (χ2n) is 7.78. The van der Waals surface area contributed by atoms with Gasteiger partial charge in [0, 0.05) is 6.42 Å². The van der Waals surface area contributed by atoms with Crippen LogP contribution in [0.3, 0.4) is 0 Å². The van der Waals surface area contributed by atoms with Crippen molar-refractivity contribution in [1.82, 2.24) is 0 Å². The highest BCUT2D eigenvalue weighted by Gasteiger charge is 2.37. The number of thioether (sulfide) groups is 1. The highest BCUT2D eigenvalue weighted by atomic mass is 32.2. The average molecular weight is 421 g/mol. The van der Waals surface area contributed by atoms with Crippen molar-refractivity contribution < 1.29 is 14.3 Å². The minimum atomic E-state index is -0.339. The lowest BCUT2D eigenvalue weighted by molar-refractivity contribution is -0.137. The number of anilines is 1. The Hall–Kier alpha value is -2.86. The van der Waals surface area contributed by atoms with E-state index in [1.165, 1.54) is 17.3 Å². The van der Waals surface area contributed by atoms with Gasteiger partial charge in [-0.1, -0.05) is 67.6 Å². The number of ether oxygens (including phenoxy) is 1. The van der Waals surface area contributed by atoms with Gasteiger partial charge in [0.2, 0.25) is 0 Å². The third-order valence-corrected chi connectivity index (χ3v) is 6.36. The number of cyclic esters (lactones) is 1. The number of hydrogen-bond acceptors (Lipinski definition) is 5. The van der Waals surface area contributed by atoms with E-state index in [1.807, 2.05) is 43.3 Å². The Balaban J connectivity index is 1.67. The number of nitrogens with zero attached hydrogens (tertiary/aromatic N) is 2. The Morgan fingerprint density at radius 3 is 2.40 bits per heavy atom. The van der Waals surface area contributed by atoms with Crippen molar-refractivity contribution in [1.29, 1.82) is 0 Å². The number of hydrogen-bond donors (Lipinski definition) is 0. The van der Waals surface area contributed by atoms with Gasteiger partial charge in [-0.05, 0) is 42.2 Å². The summed E-state index contributed by atoms with van der Waals surface area (Å²) in [6.45, 7) is 6.71. The molecule has 30 heavy (non-hydrogen) atoms. The maximum atomic E-state index is 13.2. The summed E-state index contributed by atoms with van der Waals surface area (Å²) in [5, 5.41) is 0.173. The van der Waals surface area contributed by atoms with Gasteiger partial charge < -0.3 is 4.74 Å². The third kappa shape index (κ3) is 4.19. The number of amides is 1. The molecule has 1 saturated heterocycles. The zero-order chi connectivity index (χ0) is 21.3. The van der Waals surface area contributed by atoms with Crippen LogP contribution in [0.25, 0.3) is 6.08 Å². The van der Waals surface area contributed by atoms with Crippen molar-refractivity contribution in [2.75, 3.05) is 11.5 Å². The maximum absolute atomic E-state index is 13.2. The molecule has 0 spiro atoms. The summed E-state index contributed by atoms with van der Waals surface area (Å²) in [7, 11) is 0. The Morgan fingerprint density at radius 1 is 1.10 bits per heavy atom. The van der Waals surface area contributed by atoms with E-state index in [0.29, 0.717) is 29.8 Å². The summed E-state index contributed by atoms with van der Waals surface area (Å²) in [6, 6.07) is 15.9. The molecule has 1 amide bonds. The molecular weight excluding hydrogens is 396 g/mol. The van der Waals surface area contributed by atoms with Crippen LogP contribution in [0.4, 0.5) is 5.69 Å². The zero-order valence-corrected chi connectivity index (χ0v) is 18.1. The van der Waals surface area contributed by atoms with Crippen molar-refractivity contribution in [3.8, 4) is 0 Å². The lowest BCUT2D eigenvalue weighted by atomic mass is 10.0. The minimum Gasteiger partial charge on any atom is -0.465 e. The fourth-order valence-corrected chi connectivity index (χ4v) is 4.42. The Labute approximate surface area is 180 Å². The molecule has 1 fully saturated rings. The summed E-state index contributed by atoms with van der Waals surface area (Å²) < 4.78 is 5.08. The smallest absolute Gasteiger partial charge is 0.319 e. The minimum absolute atomic E-state index is 0.194. The summed E-state index contributed by atoms with van der Waals surface area (Å²) in [5.74, 6) is 0.00500. The van der Waals surface area contributed by atoms with Crippen LogP contribution >= 0.6 is 11.8 Å². The second kappa shape index (κ2) is 8.48. The Kier molecular flexibility index (Phi) is 5.77. The standard InChI is InChI=1S/C24H24N2O3S/c1-15(2)18-8-6-17(7-9-18)14-20-22(27)26(19-10-4-16(3)5-11-19)24(25-20)30-21-12-13-29-23(21)28/h4-11,14-15,21H,12-13H2,1-3H3/b20-14-/t21-/m0/s1. The predicted octanol–water partition coefficient (Wildman–Crippen LogP) is 4.91. The third-order valence-electron chi connectivity index (χ3n) is 5.16. The molecule has 2 aromatic carbocycles. The van der Waals surface area contributed by atoms with E-state index in [-0.39, 0.29) is 17.1 Å². The highest BCUT2D eigenvalue weighted by molar-refractivity contribution is 8.15. The van der Waals surface area contributed by atoms with E-state index in [4.69, 9.17) is 4.74 Å². The van der Waals surface area contributed by atoms with Gasteiger partial charge in [0.05, 0.1) is 12.3 Å². The maximum Gasteiger partial charge on any atom is 0.319 e. The van der Waals surface area contributed by atoms with Gasteiger partial charge in [0.1, 0.15) is 10.9 Å². The number of carbonyl (C=O) groups excluding carboxylic acids is 2. The van der Waals surface area contributed by atoms with Crippen molar-refractivity contribution in [2.24, 2.45) is 4.99 Å². The predicted molar refractivity (Wildman–Crippen MR) is 122 cm³/mol. The number of amidine groups is 1. The number of aryl methyl sites for hydroxylation is 1. The number of rotatable bonds is 4. The summed E-state index contributed by atoms with van der Waals surface area (Å²) in [6.07, 6.45) is 2.42. The van der Waals surface area contributed by atoms with Crippen LogP contribution in [-0.4, -0.2) is 28.9 Å². The first-order valence-electron chi connectivity index (χ1n) is 10.1. The lowest BCUT2D eigenvalue weighted by Gasteiger charge is -2.19. The fraction of sp³-hybridized carbons (Fsp3) is 0.292. The molecular formula is C24H24N2O3S. The Morgan fingerprint density at radius 2 is 1.80 bits per heavy atom. The van der Waals surface area contributed by atoms with Crippen molar-refractivity contribution in [2.45, 2.75) is 38.4 Å². The van der Waals surface area contributed by atoms with Crippen LogP contribution in [0.5, 0.6) is 0 Å². The van der Waals surface area contributed by atoms with Crippen LogP contribution in [-0.2, 0) is 14.3 Å². The Bertz CT molecular complexity index is 1020. The van der Waals surface area contributed by atoms with Crippen LogP contribution in [0.15, 0.2) is 59.2 Å². The zero-order valence-electron chi connectivity index (χ0n) is 17.3. The molecule has 0 radical (unpaired) electrons. The molecule has 1 atom stereocenters. The molecule has 0 aromatic heterocycles. The summed E-state index contributed by atoms with van der Waals surface area (Å²) >= 11 is 1.29. The van der Waals surface area contributed by atoms with Gasteiger partial charge in [-0.25, -0.2) is 4.99 Å². The summed E-state index contributed by atoms with van der Waals surface area (Å²) in [5.41, 5.74) is 4.37. The van der Waals surface area contributed by atoms with Gasteiger partial charge >= 0.3 is 5.97 Å². The quantitative estimate of drug-likeness (QED) is 0.521. The molecule has 2 heterocycles. The van der Waals surface area contributed by atoms with Gasteiger partial charge in [-0.15, -0.1) is 0 Å². The highest BCUT2D eigenvalue weighted by Crippen LogP contribution is 2.33.